The summed E-state index contributed by atoms with van der Waals surface area (Å²) in [5.41, 5.74) is 1.81. The minimum absolute atomic E-state index is 0.0367. The van der Waals surface area contributed by atoms with Gasteiger partial charge in [-0.2, -0.15) is 0 Å². The van der Waals surface area contributed by atoms with E-state index in [-0.39, 0.29) is 24.9 Å². The minimum atomic E-state index is -0.405. The number of amides is 2. The second-order valence-corrected chi connectivity index (χ2v) is 5.91. The second kappa shape index (κ2) is 7.93. The third kappa shape index (κ3) is 4.80. The predicted octanol–water partition coefficient (Wildman–Crippen LogP) is 3.77. The maximum Gasteiger partial charge on any atom is 0.244 e. The molecule has 2 aromatic rings. The van der Waals surface area contributed by atoms with Gasteiger partial charge < -0.3 is 10.2 Å². The number of anilines is 1. The lowest BCUT2D eigenvalue weighted by Crippen LogP contribution is -2.36. The van der Waals surface area contributed by atoms with E-state index < -0.39 is 5.82 Å². The molecule has 0 aromatic heterocycles. The van der Waals surface area contributed by atoms with Crippen LogP contribution >= 0.6 is 11.6 Å². The molecule has 2 aromatic carbocycles. The molecule has 2 rings (SSSR count). The second-order valence-electron chi connectivity index (χ2n) is 5.47. The van der Waals surface area contributed by atoms with Crippen molar-refractivity contribution >= 4 is 29.1 Å². The molecule has 6 heteroatoms. The first-order valence-corrected chi connectivity index (χ1v) is 7.79. The molecule has 4 nitrogen and oxygen atoms in total. The van der Waals surface area contributed by atoms with Crippen LogP contribution in [0.2, 0.25) is 5.02 Å². The number of halogens is 2. The number of rotatable bonds is 5. The van der Waals surface area contributed by atoms with Crippen molar-refractivity contribution in [1.82, 2.24) is 4.90 Å². The number of hydrogen-bond acceptors (Lipinski definition) is 2. The van der Waals surface area contributed by atoms with Crippen molar-refractivity contribution in [2.24, 2.45) is 0 Å². The Hall–Kier alpha value is -2.40. The van der Waals surface area contributed by atoms with Crippen LogP contribution in [0.3, 0.4) is 0 Å². The summed E-state index contributed by atoms with van der Waals surface area (Å²) in [5.74, 6) is -1.06. The molecule has 0 saturated heterocycles. The molecule has 0 bridgehead atoms. The molecule has 0 unspecified atom stereocenters. The van der Waals surface area contributed by atoms with E-state index >= 15 is 0 Å². The number of nitrogens with one attached hydrogen (secondary N) is 1. The molecule has 0 spiro atoms. The molecule has 24 heavy (non-hydrogen) atoms. The Morgan fingerprint density at radius 1 is 1.21 bits per heavy atom. The Balaban J connectivity index is 2.06. The largest absolute Gasteiger partial charge is 0.329 e. The van der Waals surface area contributed by atoms with Gasteiger partial charge in [-0.3, -0.25) is 9.59 Å². The third-order valence-electron chi connectivity index (χ3n) is 3.56. The average Bonchev–Trinajstić information content (AvgIpc) is 2.51. The zero-order chi connectivity index (χ0) is 17.7. The third-order valence-corrected chi connectivity index (χ3v) is 3.80. The smallest absolute Gasteiger partial charge is 0.244 e. The molecule has 0 fully saturated rings. The molecule has 126 valence electrons. The molecule has 0 saturated carbocycles. The summed E-state index contributed by atoms with van der Waals surface area (Å²) < 4.78 is 13.7. The van der Waals surface area contributed by atoms with Gasteiger partial charge in [0.25, 0.3) is 0 Å². The molecule has 0 aliphatic carbocycles. The van der Waals surface area contributed by atoms with E-state index in [1.807, 2.05) is 6.92 Å². The first-order valence-electron chi connectivity index (χ1n) is 7.41. The minimum Gasteiger partial charge on any atom is -0.329 e. The predicted molar refractivity (Wildman–Crippen MR) is 92.3 cm³/mol. The SMILES string of the molecule is CC(=O)N(CC(=O)Nc1ccc(Cl)cc1C)Cc1ccccc1F. The number of carbonyl (C=O) groups excluding carboxylic acids is 2. The lowest BCUT2D eigenvalue weighted by Gasteiger charge is -2.21. The first kappa shape index (κ1) is 17.9. The van der Waals surface area contributed by atoms with Gasteiger partial charge in [0.1, 0.15) is 12.4 Å². The van der Waals surface area contributed by atoms with Crippen molar-refractivity contribution in [1.29, 1.82) is 0 Å². The standard InChI is InChI=1S/C18H18ClFN2O2/c1-12-9-15(19)7-8-17(12)21-18(24)11-22(13(2)23)10-14-5-3-4-6-16(14)20/h3-9H,10-11H2,1-2H3,(H,21,24). The summed E-state index contributed by atoms with van der Waals surface area (Å²) in [7, 11) is 0. The fourth-order valence-corrected chi connectivity index (χ4v) is 2.47. The number of hydrogen-bond donors (Lipinski definition) is 1. The average molecular weight is 349 g/mol. The number of carbonyl (C=O) groups is 2. The molecule has 0 atom stereocenters. The van der Waals surface area contributed by atoms with E-state index in [0.717, 1.165) is 5.56 Å². The molecule has 2 amide bonds. The number of benzene rings is 2. The Labute approximate surface area is 145 Å². The monoisotopic (exact) mass is 348 g/mol. The van der Waals surface area contributed by atoms with Crippen LogP contribution in [0.25, 0.3) is 0 Å². The van der Waals surface area contributed by atoms with E-state index in [1.54, 1.807) is 36.4 Å². The van der Waals surface area contributed by atoms with Crippen molar-refractivity contribution in [2.75, 3.05) is 11.9 Å². The van der Waals surface area contributed by atoms with E-state index in [9.17, 15) is 14.0 Å². The van der Waals surface area contributed by atoms with Gasteiger partial charge in [0.15, 0.2) is 0 Å². The van der Waals surface area contributed by atoms with Crippen molar-refractivity contribution < 1.29 is 14.0 Å². The lowest BCUT2D eigenvalue weighted by molar-refractivity contribution is -0.133. The van der Waals surface area contributed by atoms with Gasteiger partial charge >= 0.3 is 0 Å². The van der Waals surface area contributed by atoms with Crippen LogP contribution in [0.15, 0.2) is 42.5 Å². The van der Waals surface area contributed by atoms with Gasteiger partial charge in [0, 0.05) is 29.7 Å². The summed E-state index contributed by atoms with van der Waals surface area (Å²) in [6.07, 6.45) is 0. The van der Waals surface area contributed by atoms with Crippen LogP contribution in [0.5, 0.6) is 0 Å². The summed E-state index contributed by atoms with van der Waals surface area (Å²) in [6.45, 7) is 3.05. The fourth-order valence-electron chi connectivity index (χ4n) is 2.24. The lowest BCUT2D eigenvalue weighted by atomic mass is 10.2. The van der Waals surface area contributed by atoms with Gasteiger partial charge in [-0.25, -0.2) is 4.39 Å². The molecule has 0 heterocycles. The highest BCUT2D eigenvalue weighted by molar-refractivity contribution is 6.30. The van der Waals surface area contributed by atoms with Crippen LogP contribution in [0.4, 0.5) is 10.1 Å². The quantitative estimate of drug-likeness (QED) is 0.894. The van der Waals surface area contributed by atoms with Crippen LogP contribution in [-0.2, 0) is 16.1 Å². The Morgan fingerprint density at radius 2 is 1.92 bits per heavy atom. The highest BCUT2D eigenvalue weighted by atomic mass is 35.5. The number of nitrogens with zero attached hydrogens (tertiary/aromatic N) is 1. The van der Waals surface area contributed by atoms with Gasteiger partial charge in [0.05, 0.1) is 0 Å². The summed E-state index contributed by atoms with van der Waals surface area (Å²) >= 11 is 5.88. The molecule has 1 N–H and O–H groups in total. The Bertz CT molecular complexity index is 764. The summed E-state index contributed by atoms with van der Waals surface area (Å²) in [4.78, 5) is 25.3. The normalized spacial score (nSPS) is 10.3. The van der Waals surface area contributed by atoms with Crippen LogP contribution in [0.1, 0.15) is 18.1 Å². The van der Waals surface area contributed by atoms with Gasteiger partial charge in [-0.05, 0) is 36.8 Å². The molecule has 0 radical (unpaired) electrons. The number of aryl methyl sites for hydroxylation is 1. The van der Waals surface area contributed by atoms with E-state index in [0.29, 0.717) is 16.3 Å². The molecular weight excluding hydrogens is 331 g/mol. The van der Waals surface area contributed by atoms with E-state index in [1.165, 1.54) is 17.9 Å². The van der Waals surface area contributed by atoms with Crippen molar-refractivity contribution in [2.45, 2.75) is 20.4 Å². The van der Waals surface area contributed by atoms with Crippen molar-refractivity contribution in [3.63, 3.8) is 0 Å². The van der Waals surface area contributed by atoms with Gasteiger partial charge in [-0.1, -0.05) is 29.8 Å². The van der Waals surface area contributed by atoms with E-state index in [2.05, 4.69) is 5.32 Å². The van der Waals surface area contributed by atoms with Crippen molar-refractivity contribution in [3.05, 3.63) is 64.4 Å². The maximum atomic E-state index is 13.7. The van der Waals surface area contributed by atoms with Crippen molar-refractivity contribution in [3.8, 4) is 0 Å². The van der Waals surface area contributed by atoms with Crippen LogP contribution in [-0.4, -0.2) is 23.3 Å². The molecule has 0 aliphatic rings. The van der Waals surface area contributed by atoms with Gasteiger partial charge in [-0.15, -0.1) is 0 Å². The topological polar surface area (TPSA) is 49.4 Å². The van der Waals surface area contributed by atoms with Gasteiger partial charge in [0.2, 0.25) is 11.8 Å². The Morgan fingerprint density at radius 3 is 2.54 bits per heavy atom. The fraction of sp³-hybridized carbons (Fsp3) is 0.222. The Kier molecular flexibility index (Phi) is 5.93. The first-order chi connectivity index (χ1) is 11.4. The zero-order valence-corrected chi connectivity index (χ0v) is 14.2. The maximum absolute atomic E-state index is 13.7. The zero-order valence-electron chi connectivity index (χ0n) is 13.5. The highest BCUT2D eigenvalue weighted by Gasteiger charge is 2.16. The van der Waals surface area contributed by atoms with Crippen LogP contribution in [0, 0.1) is 12.7 Å². The van der Waals surface area contributed by atoms with Crippen LogP contribution < -0.4 is 5.32 Å². The summed E-state index contributed by atoms with van der Waals surface area (Å²) in [6, 6.07) is 11.3. The highest BCUT2D eigenvalue weighted by Crippen LogP contribution is 2.19. The molecule has 0 aliphatic heterocycles. The molecular formula is C18H18ClFN2O2. The summed E-state index contributed by atoms with van der Waals surface area (Å²) in [5, 5.41) is 3.32. The van der Waals surface area contributed by atoms with E-state index in [4.69, 9.17) is 11.6 Å².